The van der Waals surface area contributed by atoms with E-state index in [1.54, 1.807) is 0 Å². The third kappa shape index (κ3) is 9.04. The molecular formula is C43H70O10. The molecule has 0 aromatic carbocycles. The molecule has 9 rings (SSSR count). The molecule has 8 bridgehead atoms. The van der Waals surface area contributed by atoms with Gasteiger partial charge in [0.25, 0.3) is 0 Å². The number of cyclic esters (lactones) is 2. The summed E-state index contributed by atoms with van der Waals surface area (Å²) in [6.07, 6.45) is 12.7. The van der Waals surface area contributed by atoms with Crippen LogP contribution < -0.4 is 0 Å². The van der Waals surface area contributed by atoms with Gasteiger partial charge in [0, 0.05) is 0 Å². The van der Waals surface area contributed by atoms with Gasteiger partial charge in [-0.15, -0.1) is 0 Å². The molecule has 53 heavy (non-hydrogen) atoms. The lowest BCUT2D eigenvalue weighted by Crippen LogP contribution is -2.59. The van der Waals surface area contributed by atoms with Crippen LogP contribution in [0.1, 0.15) is 153 Å². The molecule has 1 heterocycles. The van der Waals surface area contributed by atoms with Gasteiger partial charge in [0.05, 0.1) is 22.3 Å². The molecule has 0 aromatic rings. The van der Waals surface area contributed by atoms with E-state index in [0.29, 0.717) is 36.0 Å². The van der Waals surface area contributed by atoms with E-state index in [4.69, 9.17) is 18.9 Å². The molecule has 3 unspecified atom stereocenters. The third-order valence-corrected chi connectivity index (χ3v) is 14.9. The Kier molecular flexibility index (Phi) is 12.3. The van der Waals surface area contributed by atoms with Gasteiger partial charge in [-0.05, 0) is 173 Å². The highest BCUT2D eigenvalue weighted by Gasteiger charge is 2.59. The Morgan fingerprint density at radius 3 is 1.62 bits per heavy atom. The van der Waals surface area contributed by atoms with Crippen molar-refractivity contribution in [1.29, 1.82) is 0 Å². The van der Waals surface area contributed by atoms with E-state index in [1.165, 1.54) is 32.1 Å². The molecule has 3 atom stereocenters. The van der Waals surface area contributed by atoms with Gasteiger partial charge in [-0.25, -0.2) is 4.79 Å². The average Bonchev–Trinajstić information content (AvgIpc) is 3.52. The van der Waals surface area contributed by atoms with E-state index in [1.807, 2.05) is 55.4 Å². The van der Waals surface area contributed by atoms with Crippen LogP contribution >= 0.6 is 0 Å². The topological polar surface area (TPSA) is 135 Å². The minimum Gasteiger partial charge on any atom is -0.461 e. The van der Waals surface area contributed by atoms with Crippen molar-refractivity contribution in [1.82, 2.24) is 0 Å². The summed E-state index contributed by atoms with van der Waals surface area (Å²) in [6, 6.07) is 0. The molecular weight excluding hydrogens is 676 g/mol. The molecule has 8 saturated carbocycles. The zero-order valence-corrected chi connectivity index (χ0v) is 34.4. The van der Waals surface area contributed by atoms with E-state index >= 15 is 0 Å². The Labute approximate surface area is 318 Å². The largest absolute Gasteiger partial charge is 0.508 e. The monoisotopic (exact) mass is 746 g/mol. The molecule has 1 N–H and O–H groups in total. The fraction of sp³-hybridized carbons (Fsp3) is 0.907. The van der Waals surface area contributed by atoms with Crippen LogP contribution in [0.15, 0.2) is 0 Å². The summed E-state index contributed by atoms with van der Waals surface area (Å²) in [5.74, 6) is 4.18. The highest BCUT2D eigenvalue weighted by molar-refractivity contribution is 5.77. The van der Waals surface area contributed by atoms with Crippen LogP contribution in [0.4, 0.5) is 4.79 Å². The molecule has 8 aliphatic carbocycles. The van der Waals surface area contributed by atoms with Gasteiger partial charge in [-0.1, -0.05) is 20.8 Å². The normalized spacial score (nSPS) is 37.7. The molecule has 0 spiro atoms. The molecule has 1 aliphatic heterocycles. The molecule has 10 nitrogen and oxygen atoms in total. The number of esters is 3. The minimum absolute atomic E-state index is 0.0185. The summed E-state index contributed by atoms with van der Waals surface area (Å²) in [4.78, 5) is 46.9. The SMILES string of the molecule is CCC(C)(C)C(=O)OC1(C)C2CC3CC(C2)CC1C3.CCC(C)(C)C(=O)OC12CC3CC(C1)C(O)C(C3)C2.CCC(C)(C)C(=O)OCC1COC(=O)O1. The van der Waals surface area contributed by atoms with Gasteiger partial charge in [-0.3, -0.25) is 14.4 Å². The first-order chi connectivity index (χ1) is 24.7. The fourth-order valence-electron chi connectivity index (χ4n) is 10.3. The van der Waals surface area contributed by atoms with Crippen LogP contribution in [0.3, 0.4) is 0 Å². The van der Waals surface area contributed by atoms with Crippen molar-refractivity contribution in [2.75, 3.05) is 13.2 Å². The van der Waals surface area contributed by atoms with Gasteiger partial charge in [0.2, 0.25) is 0 Å². The summed E-state index contributed by atoms with van der Waals surface area (Å²) < 4.78 is 26.4. The van der Waals surface area contributed by atoms with Gasteiger partial charge in [0.1, 0.15) is 24.4 Å². The Bertz CT molecular complexity index is 1300. The van der Waals surface area contributed by atoms with Crippen molar-refractivity contribution in [2.45, 2.75) is 176 Å². The highest BCUT2D eigenvalue weighted by atomic mass is 16.8. The summed E-state index contributed by atoms with van der Waals surface area (Å²) >= 11 is 0. The van der Waals surface area contributed by atoms with E-state index in [9.17, 15) is 24.3 Å². The van der Waals surface area contributed by atoms with Crippen molar-refractivity contribution < 1.29 is 48.0 Å². The van der Waals surface area contributed by atoms with Gasteiger partial charge >= 0.3 is 24.1 Å². The fourth-order valence-corrected chi connectivity index (χ4v) is 10.3. The van der Waals surface area contributed by atoms with Crippen molar-refractivity contribution >= 4 is 24.1 Å². The molecule has 302 valence electrons. The van der Waals surface area contributed by atoms with Crippen molar-refractivity contribution in [3.8, 4) is 0 Å². The molecule has 0 amide bonds. The lowest BCUT2D eigenvalue weighted by Gasteiger charge is -2.59. The van der Waals surface area contributed by atoms with Crippen LogP contribution in [-0.4, -0.2) is 65.8 Å². The van der Waals surface area contributed by atoms with E-state index < -0.39 is 17.7 Å². The lowest BCUT2D eigenvalue weighted by molar-refractivity contribution is -0.213. The summed E-state index contributed by atoms with van der Waals surface area (Å²) in [7, 11) is 0. The number of aliphatic hydroxyl groups is 1. The summed E-state index contributed by atoms with van der Waals surface area (Å²) in [5, 5.41) is 10.2. The number of hydrogen-bond donors (Lipinski definition) is 1. The van der Waals surface area contributed by atoms with Crippen LogP contribution in [0.2, 0.25) is 0 Å². The Balaban J connectivity index is 0.000000155. The lowest BCUT2D eigenvalue weighted by atomic mass is 9.50. The standard InChI is InChI=1S/C17H28O2.C16H26O3.C10H16O5/c1-5-16(2,3)15(18)19-17(4)13-7-11-6-12(9-13)10-14(17)8-11;1-4-15(2,3)14(18)19-16-7-10-5-11(8-16)13(17)12(6-10)9-16;1-4-10(2,3)8(11)13-5-7-6-14-9(12)15-7/h11-14H,5-10H2,1-4H3;10-13,17H,4-9H2,1-3H3;7H,4-6H2,1-3H3. The summed E-state index contributed by atoms with van der Waals surface area (Å²) in [5.41, 5.74) is -1.64. The number of carbonyl (C=O) groups is 4. The Hall–Kier alpha value is -2.36. The number of aliphatic hydroxyl groups excluding tert-OH is 1. The number of carbonyl (C=O) groups excluding carboxylic acids is 4. The predicted molar refractivity (Wildman–Crippen MR) is 199 cm³/mol. The minimum atomic E-state index is -0.703. The predicted octanol–water partition coefficient (Wildman–Crippen LogP) is 8.59. The zero-order chi connectivity index (χ0) is 39.1. The van der Waals surface area contributed by atoms with E-state index in [2.05, 4.69) is 18.6 Å². The van der Waals surface area contributed by atoms with Crippen LogP contribution in [0.5, 0.6) is 0 Å². The number of hydrogen-bond acceptors (Lipinski definition) is 10. The quantitative estimate of drug-likeness (QED) is 0.171. The van der Waals surface area contributed by atoms with Gasteiger partial charge in [-0.2, -0.15) is 0 Å². The molecule has 0 radical (unpaired) electrons. The number of ether oxygens (including phenoxy) is 5. The van der Waals surface area contributed by atoms with Gasteiger partial charge < -0.3 is 28.8 Å². The molecule has 9 aliphatic rings. The number of rotatable bonds is 10. The van der Waals surface area contributed by atoms with Crippen LogP contribution in [-0.2, 0) is 38.1 Å². The Morgan fingerprint density at radius 1 is 0.698 bits per heavy atom. The molecule has 1 saturated heterocycles. The smallest absolute Gasteiger partial charge is 0.461 e. The second kappa shape index (κ2) is 15.6. The first-order valence-electron chi connectivity index (χ1n) is 20.8. The third-order valence-electron chi connectivity index (χ3n) is 14.9. The Morgan fingerprint density at radius 2 is 1.17 bits per heavy atom. The molecule has 10 heteroatoms. The van der Waals surface area contributed by atoms with Crippen LogP contribution in [0, 0.1) is 57.7 Å². The van der Waals surface area contributed by atoms with Crippen LogP contribution in [0.25, 0.3) is 0 Å². The van der Waals surface area contributed by atoms with Crippen molar-refractivity contribution in [2.24, 2.45) is 57.7 Å². The van der Waals surface area contributed by atoms with Crippen molar-refractivity contribution in [3.05, 3.63) is 0 Å². The first-order valence-corrected chi connectivity index (χ1v) is 20.8. The maximum absolute atomic E-state index is 12.5. The zero-order valence-electron chi connectivity index (χ0n) is 34.4. The second-order valence-electron chi connectivity index (χ2n) is 20.0. The van der Waals surface area contributed by atoms with Gasteiger partial charge in [0.15, 0.2) is 6.10 Å². The molecule has 0 aromatic heterocycles. The first kappa shape index (κ1) is 41.8. The second-order valence-corrected chi connectivity index (χ2v) is 20.0. The van der Waals surface area contributed by atoms with E-state index in [-0.39, 0.29) is 59.3 Å². The maximum Gasteiger partial charge on any atom is 0.508 e. The molecule has 9 fully saturated rings. The summed E-state index contributed by atoms with van der Waals surface area (Å²) in [6.45, 7) is 20.0. The maximum atomic E-state index is 12.5. The van der Waals surface area contributed by atoms with Crippen molar-refractivity contribution in [3.63, 3.8) is 0 Å². The highest BCUT2D eigenvalue weighted by Crippen LogP contribution is 2.60. The average molecular weight is 747 g/mol. The van der Waals surface area contributed by atoms with E-state index in [0.717, 1.165) is 56.8 Å².